The maximum Gasteiger partial charge on any atom is 0.189 e. The number of piperidine rings is 1. The number of benzene rings is 2. The normalized spacial score (nSPS) is 19.4. The highest BCUT2D eigenvalue weighted by Crippen LogP contribution is 2.36. The lowest BCUT2D eigenvalue weighted by molar-refractivity contribution is 0.103. The monoisotopic (exact) mass is 363 g/mol. The molecule has 0 saturated carbocycles. The molecule has 1 saturated heterocycles. The number of Topliss-reactive ketones (excluding diaryl/α,β-unsaturated/α-hetero) is 1. The Labute approximate surface area is 160 Å². The molecule has 2 aromatic rings. The molecule has 0 spiro atoms. The van der Waals surface area contributed by atoms with Crippen LogP contribution in [0.15, 0.2) is 54.1 Å². The van der Waals surface area contributed by atoms with Crippen molar-refractivity contribution in [2.75, 3.05) is 20.2 Å². The van der Waals surface area contributed by atoms with E-state index in [4.69, 9.17) is 4.74 Å². The lowest BCUT2D eigenvalue weighted by atomic mass is 9.93. The van der Waals surface area contributed by atoms with Gasteiger partial charge < -0.3 is 9.84 Å². The molecule has 0 aromatic heterocycles. The summed E-state index contributed by atoms with van der Waals surface area (Å²) in [6.45, 7) is 3.10. The topological polar surface area (TPSA) is 49.8 Å². The zero-order valence-electron chi connectivity index (χ0n) is 15.6. The highest BCUT2D eigenvalue weighted by Gasteiger charge is 2.28. The summed E-state index contributed by atoms with van der Waals surface area (Å²) in [5.41, 5.74) is 3.77. The number of phenols is 1. The van der Waals surface area contributed by atoms with E-state index in [9.17, 15) is 9.90 Å². The van der Waals surface area contributed by atoms with Gasteiger partial charge in [0.25, 0.3) is 0 Å². The summed E-state index contributed by atoms with van der Waals surface area (Å²) in [6.07, 6.45) is 4.94. The van der Waals surface area contributed by atoms with E-state index in [1.54, 1.807) is 12.1 Å². The first-order valence-corrected chi connectivity index (χ1v) is 9.55. The molecule has 0 bridgehead atoms. The number of ether oxygens (including phenoxy) is 1. The quantitative estimate of drug-likeness (QED) is 0.835. The van der Waals surface area contributed by atoms with Crippen molar-refractivity contribution in [2.45, 2.75) is 25.8 Å². The fourth-order valence-corrected chi connectivity index (χ4v) is 4.13. The predicted octanol–water partition coefficient (Wildman–Crippen LogP) is 3.98. The van der Waals surface area contributed by atoms with Gasteiger partial charge >= 0.3 is 0 Å². The van der Waals surface area contributed by atoms with Crippen LogP contribution in [0.1, 0.15) is 34.3 Å². The minimum absolute atomic E-state index is 0.0787. The molecule has 4 rings (SSSR count). The van der Waals surface area contributed by atoms with Gasteiger partial charge in [-0.1, -0.05) is 36.4 Å². The van der Waals surface area contributed by atoms with Crippen LogP contribution in [0.4, 0.5) is 0 Å². The summed E-state index contributed by atoms with van der Waals surface area (Å²) < 4.78 is 5.14. The van der Waals surface area contributed by atoms with Gasteiger partial charge in [-0.15, -0.1) is 0 Å². The number of phenolic OH excluding ortho intramolecular Hbond substituents is 1. The Morgan fingerprint density at radius 3 is 2.63 bits per heavy atom. The number of ketones is 1. The lowest BCUT2D eigenvalue weighted by Crippen LogP contribution is -2.32. The van der Waals surface area contributed by atoms with Crippen molar-refractivity contribution in [1.29, 1.82) is 0 Å². The molecule has 2 aliphatic rings. The molecule has 1 aliphatic carbocycles. The molecule has 140 valence electrons. The fraction of sp³-hybridized carbons (Fsp3) is 0.348. The van der Waals surface area contributed by atoms with E-state index in [0.717, 1.165) is 43.6 Å². The summed E-state index contributed by atoms with van der Waals surface area (Å²) >= 11 is 0. The lowest BCUT2D eigenvalue weighted by Gasteiger charge is -2.30. The fourth-order valence-electron chi connectivity index (χ4n) is 4.13. The number of hydrogen-bond donors (Lipinski definition) is 1. The Morgan fingerprint density at radius 1 is 1.19 bits per heavy atom. The van der Waals surface area contributed by atoms with Crippen LogP contribution >= 0.6 is 0 Å². The first-order chi connectivity index (χ1) is 13.1. The Balaban J connectivity index is 1.40. The highest BCUT2D eigenvalue weighted by atomic mass is 16.5. The van der Waals surface area contributed by atoms with Crippen LogP contribution in [0.3, 0.4) is 0 Å². The smallest absolute Gasteiger partial charge is 0.189 e. The number of hydrogen-bond acceptors (Lipinski definition) is 4. The summed E-state index contributed by atoms with van der Waals surface area (Å²) in [4.78, 5) is 15.2. The number of methoxy groups -OCH3 is 1. The van der Waals surface area contributed by atoms with Gasteiger partial charge in [0.05, 0.1) is 7.11 Å². The van der Waals surface area contributed by atoms with Crippen LogP contribution in [-0.2, 0) is 13.0 Å². The van der Waals surface area contributed by atoms with E-state index >= 15 is 0 Å². The number of carbonyl (C=O) groups is 1. The van der Waals surface area contributed by atoms with Crippen molar-refractivity contribution >= 4 is 5.78 Å². The number of allylic oxidation sites excluding steroid dienone is 2. The maximum atomic E-state index is 12.7. The summed E-state index contributed by atoms with van der Waals surface area (Å²) in [7, 11) is 1.50. The van der Waals surface area contributed by atoms with Gasteiger partial charge in [0.15, 0.2) is 17.3 Å². The number of aromatic hydroxyl groups is 1. The average molecular weight is 363 g/mol. The standard InChI is InChI=1S/C23H25NO3/c1-27-22-14-20-18(13-21(22)25)12-19(23(20)26)11-16-7-9-24(10-8-16)15-17-5-3-2-4-6-17/h2-6,11,13-14,16,25H,7-10,12,15H2,1H3/b19-11+. The molecule has 0 radical (unpaired) electrons. The van der Waals surface area contributed by atoms with Crippen LogP contribution in [-0.4, -0.2) is 36.0 Å². The number of carbonyl (C=O) groups excluding carboxylic acids is 1. The Bertz CT molecular complexity index is 865. The zero-order chi connectivity index (χ0) is 18.8. The average Bonchev–Trinajstić information content (AvgIpc) is 2.98. The van der Waals surface area contributed by atoms with Gasteiger partial charge in [-0.05, 0) is 55.1 Å². The summed E-state index contributed by atoms with van der Waals surface area (Å²) in [6, 6.07) is 13.9. The highest BCUT2D eigenvalue weighted by molar-refractivity contribution is 6.13. The molecular weight excluding hydrogens is 338 g/mol. The predicted molar refractivity (Wildman–Crippen MR) is 105 cm³/mol. The first-order valence-electron chi connectivity index (χ1n) is 9.55. The van der Waals surface area contributed by atoms with Gasteiger partial charge in [0, 0.05) is 24.1 Å². The molecule has 4 nitrogen and oxygen atoms in total. The Kier molecular flexibility index (Phi) is 4.99. The van der Waals surface area contributed by atoms with Crippen LogP contribution in [0.5, 0.6) is 11.5 Å². The van der Waals surface area contributed by atoms with Crippen molar-refractivity contribution in [2.24, 2.45) is 5.92 Å². The number of likely N-dealkylation sites (tertiary alicyclic amines) is 1. The number of nitrogens with zero attached hydrogens (tertiary/aromatic N) is 1. The largest absolute Gasteiger partial charge is 0.504 e. The summed E-state index contributed by atoms with van der Waals surface area (Å²) in [5.74, 6) is 0.980. The van der Waals surface area contributed by atoms with Gasteiger partial charge in [-0.3, -0.25) is 9.69 Å². The SMILES string of the molecule is COc1cc2c(cc1O)C/C(=C\C1CCN(Cc3ccccc3)CC1)C2=O. The van der Waals surface area contributed by atoms with Crippen LogP contribution in [0.25, 0.3) is 0 Å². The third-order valence-electron chi connectivity index (χ3n) is 5.64. The molecule has 4 heteroatoms. The van der Waals surface area contributed by atoms with Crippen molar-refractivity contribution in [3.63, 3.8) is 0 Å². The molecule has 0 atom stereocenters. The second kappa shape index (κ2) is 7.57. The first kappa shape index (κ1) is 17.8. The van der Waals surface area contributed by atoms with E-state index < -0.39 is 0 Å². The Morgan fingerprint density at radius 2 is 1.93 bits per heavy atom. The second-order valence-electron chi connectivity index (χ2n) is 7.48. The van der Waals surface area contributed by atoms with Crippen molar-refractivity contribution in [3.05, 3.63) is 70.8 Å². The maximum absolute atomic E-state index is 12.7. The van der Waals surface area contributed by atoms with Gasteiger partial charge in [-0.25, -0.2) is 0 Å². The van der Waals surface area contributed by atoms with E-state index in [-0.39, 0.29) is 11.5 Å². The van der Waals surface area contributed by atoms with E-state index in [1.807, 2.05) is 6.07 Å². The molecule has 1 heterocycles. The third kappa shape index (κ3) is 3.76. The zero-order valence-corrected chi connectivity index (χ0v) is 15.6. The van der Waals surface area contributed by atoms with Crippen LogP contribution < -0.4 is 4.74 Å². The van der Waals surface area contributed by atoms with Crippen LogP contribution in [0, 0.1) is 5.92 Å². The van der Waals surface area contributed by atoms with Gasteiger partial charge in [0.1, 0.15) is 0 Å². The van der Waals surface area contributed by atoms with E-state index in [1.165, 1.54) is 12.7 Å². The molecule has 2 aromatic carbocycles. The molecule has 1 N–H and O–H groups in total. The minimum Gasteiger partial charge on any atom is -0.504 e. The summed E-state index contributed by atoms with van der Waals surface area (Å²) in [5, 5.41) is 9.96. The molecule has 1 aliphatic heterocycles. The van der Waals surface area contributed by atoms with Crippen molar-refractivity contribution in [3.8, 4) is 11.5 Å². The molecule has 1 fully saturated rings. The molecule has 0 unspecified atom stereocenters. The van der Waals surface area contributed by atoms with Gasteiger partial charge in [0.2, 0.25) is 0 Å². The second-order valence-corrected chi connectivity index (χ2v) is 7.48. The minimum atomic E-state index is 0.0787. The molecule has 27 heavy (non-hydrogen) atoms. The third-order valence-corrected chi connectivity index (χ3v) is 5.64. The molecular formula is C23H25NO3. The molecule has 0 amide bonds. The number of rotatable bonds is 4. The van der Waals surface area contributed by atoms with E-state index in [0.29, 0.717) is 23.7 Å². The van der Waals surface area contributed by atoms with Crippen LogP contribution in [0.2, 0.25) is 0 Å². The Hall–Kier alpha value is -2.59. The van der Waals surface area contributed by atoms with Gasteiger partial charge in [-0.2, -0.15) is 0 Å². The van der Waals surface area contributed by atoms with E-state index in [2.05, 4.69) is 35.2 Å². The number of fused-ring (bicyclic) bond motifs is 1. The van der Waals surface area contributed by atoms with Crippen molar-refractivity contribution < 1.29 is 14.6 Å². The van der Waals surface area contributed by atoms with Crippen molar-refractivity contribution in [1.82, 2.24) is 4.90 Å².